The number of methoxy groups -OCH3 is 1. The molecule has 0 amide bonds. The fourth-order valence-corrected chi connectivity index (χ4v) is 1.71. The van der Waals surface area contributed by atoms with Crippen molar-refractivity contribution in [3.8, 4) is 0 Å². The number of benzene rings is 1. The summed E-state index contributed by atoms with van der Waals surface area (Å²) >= 11 is 0. The molecule has 0 N–H and O–H groups in total. The van der Waals surface area contributed by atoms with Gasteiger partial charge in [-0.05, 0) is 32.9 Å². The lowest BCUT2D eigenvalue weighted by molar-refractivity contribution is 0.405. The number of ether oxygens (including phenoxy) is 1. The van der Waals surface area contributed by atoms with Crippen LogP contribution in [0, 0.1) is 0 Å². The molecule has 0 radical (unpaired) electrons. The van der Waals surface area contributed by atoms with Crippen LogP contribution in [0.1, 0.15) is 26.3 Å². The van der Waals surface area contributed by atoms with Crippen LogP contribution in [0.4, 0.5) is 0 Å². The molecule has 0 aliphatic carbocycles. The van der Waals surface area contributed by atoms with Crippen LogP contribution >= 0.6 is 0 Å². The Labute approximate surface area is 102 Å². The number of rotatable bonds is 2. The SMILES string of the molecule is COC(=NS(=O)(=O)C(C)(C)C)c1ccccc1. The van der Waals surface area contributed by atoms with Crippen LogP contribution < -0.4 is 0 Å². The quantitative estimate of drug-likeness (QED) is 0.601. The second kappa shape index (κ2) is 4.87. The Morgan fingerprint density at radius 1 is 1.18 bits per heavy atom. The van der Waals surface area contributed by atoms with E-state index in [1.807, 2.05) is 6.07 Å². The van der Waals surface area contributed by atoms with Crippen molar-refractivity contribution in [2.24, 2.45) is 4.40 Å². The summed E-state index contributed by atoms with van der Waals surface area (Å²) in [5.41, 5.74) is 0.642. The summed E-state index contributed by atoms with van der Waals surface area (Å²) in [5.74, 6) is 0.112. The van der Waals surface area contributed by atoms with Crippen LogP contribution in [0.5, 0.6) is 0 Å². The smallest absolute Gasteiger partial charge is 0.261 e. The minimum absolute atomic E-state index is 0.112. The second-order valence-corrected chi connectivity index (χ2v) is 6.91. The summed E-state index contributed by atoms with van der Waals surface area (Å²) in [6.45, 7) is 4.80. The van der Waals surface area contributed by atoms with Crippen molar-refractivity contribution in [1.29, 1.82) is 0 Å². The molecule has 1 aromatic rings. The summed E-state index contributed by atoms with van der Waals surface area (Å²) in [7, 11) is -2.19. The Hall–Kier alpha value is -1.36. The van der Waals surface area contributed by atoms with Gasteiger partial charge in [0.2, 0.25) is 5.90 Å². The van der Waals surface area contributed by atoms with E-state index in [0.717, 1.165) is 0 Å². The Kier molecular flexibility index (Phi) is 3.93. The van der Waals surface area contributed by atoms with E-state index in [2.05, 4.69) is 4.40 Å². The molecule has 94 valence electrons. The zero-order chi connectivity index (χ0) is 13.1. The number of hydrogen-bond acceptors (Lipinski definition) is 3. The summed E-state index contributed by atoms with van der Waals surface area (Å²) in [6.07, 6.45) is 0. The van der Waals surface area contributed by atoms with E-state index in [9.17, 15) is 8.42 Å². The third-order valence-electron chi connectivity index (χ3n) is 2.19. The van der Waals surface area contributed by atoms with Crippen LogP contribution in [0.15, 0.2) is 34.7 Å². The molecule has 17 heavy (non-hydrogen) atoms. The van der Waals surface area contributed by atoms with Gasteiger partial charge in [-0.2, -0.15) is 0 Å². The van der Waals surface area contributed by atoms with Crippen LogP contribution in [0.25, 0.3) is 0 Å². The topological polar surface area (TPSA) is 55.7 Å². The minimum atomic E-state index is -3.59. The van der Waals surface area contributed by atoms with Crippen molar-refractivity contribution in [2.45, 2.75) is 25.5 Å². The predicted molar refractivity (Wildman–Crippen MR) is 68.7 cm³/mol. The average Bonchev–Trinajstić information content (AvgIpc) is 2.25. The maximum Gasteiger partial charge on any atom is 0.261 e. The maximum atomic E-state index is 11.9. The lowest BCUT2D eigenvalue weighted by Gasteiger charge is -2.16. The van der Waals surface area contributed by atoms with Crippen LogP contribution in [0.2, 0.25) is 0 Å². The maximum absolute atomic E-state index is 11.9. The van der Waals surface area contributed by atoms with Gasteiger partial charge in [-0.1, -0.05) is 18.2 Å². The largest absolute Gasteiger partial charge is 0.480 e. The molecule has 0 bridgehead atoms. The summed E-state index contributed by atoms with van der Waals surface area (Å²) in [6, 6.07) is 8.94. The van der Waals surface area contributed by atoms with E-state index in [0.29, 0.717) is 5.56 Å². The molecule has 1 rings (SSSR count). The van der Waals surface area contributed by atoms with Gasteiger partial charge in [-0.15, -0.1) is 4.40 Å². The molecular formula is C12H17NO3S. The number of nitrogens with zero attached hydrogens (tertiary/aromatic N) is 1. The van der Waals surface area contributed by atoms with Crippen molar-refractivity contribution in [3.63, 3.8) is 0 Å². The third kappa shape index (κ3) is 3.30. The molecular weight excluding hydrogens is 238 g/mol. The summed E-state index contributed by atoms with van der Waals surface area (Å²) < 4.78 is 31.7. The van der Waals surface area contributed by atoms with Crippen LogP contribution in [-0.4, -0.2) is 26.2 Å². The van der Waals surface area contributed by atoms with E-state index < -0.39 is 14.8 Å². The van der Waals surface area contributed by atoms with Crippen LogP contribution in [0.3, 0.4) is 0 Å². The third-order valence-corrected chi connectivity index (χ3v) is 4.14. The van der Waals surface area contributed by atoms with E-state index in [1.54, 1.807) is 45.0 Å². The highest BCUT2D eigenvalue weighted by Gasteiger charge is 2.29. The number of hydrogen-bond donors (Lipinski definition) is 0. The Morgan fingerprint density at radius 3 is 2.12 bits per heavy atom. The lowest BCUT2D eigenvalue weighted by atomic mass is 10.2. The zero-order valence-electron chi connectivity index (χ0n) is 10.5. The monoisotopic (exact) mass is 255 g/mol. The molecule has 0 atom stereocenters. The van der Waals surface area contributed by atoms with Gasteiger partial charge >= 0.3 is 0 Å². The summed E-state index contributed by atoms with van der Waals surface area (Å²) in [5, 5.41) is 0. The van der Waals surface area contributed by atoms with E-state index >= 15 is 0 Å². The average molecular weight is 255 g/mol. The van der Waals surface area contributed by atoms with E-state index in [1.165, 1.54) is 7.11 Å². The highest BCUT2D eigenvalue weighted by atomic mass is 32.2. The molecule has 0 saturated heterocycles. The Morgan fingerprint density at radius 2 is 1.71 bits per heavy atom. The second-order valence-electron chi connectivity index (χ2n) is 4.55. The standard InChI is InChI=1S/C12H17NO3S/c1-12(2,3)17(14,15)13-11(16-4)10-8-6-5-7-9-10/h5-9H,1-4H3. The van der Waals surface area contributed by atoms with Gasteiger partial charge in [-0.25, -0.2) is 8.42 Å². The first-order valence-electron chi connectivity index (χ1n) is 5.22. The highest BCUT2D eigenvalue weighted by Crippen LogP contribution is 2.18. The van der Waals surface area contributed by atoms with Crippen LogP contribution in [-0.2, 0) is 14.8 Å². The van der Waals surface area contributed by atoms with Crippen molar-refractivity contribution in [1.82, 2.24) is 0 Å². The lowest BCUT2D eigenvalue weighted by Crippen LogP contribution is -2.27. The summed E-state index contributed by atoms with van der Waals surface area (Å²) in [4.78, 5) is 0. The normalized spacial score (nSPS) is 13.5. The minimum Gasteiger partial charge on any atom is -0.480 e. The van der Waals surface area contributed by atoms with Gasteiger partial charge < -0.3 is 4.74 Å². The molecule has 0 spiro atoms. The Bertz CT molecular complexity index is 498. The van der Waals surface area contributed by atoms with Crippen molar-refractivity contribution in [2.75, 3.05) is 7.11 Å². The van der Waals surface area contributed by atoms with Gasteiger partial charge in [0, 0.05) is 5.56 Å². The molecule has 0 aromatic heterocycles. The zero-order valence-corrected chi connectivity index (χ0v) is 11.3. The highest BCUT2D eigenvalue weighted by molar-refractivity contribution is 7.91. The molecule has 5 heteroatoms. The molecule has 1 aromatic carbocycles. The molecule has 0 unspecified atom stereocenters. The van der Waals surface area contributed by atoms with Crippen molar-refractivity contribution >= 4 is 15.9 Å². The predicted octanol–water partition coefficient (Wildman–Crippen LogP) is 2.21. The van der Waals surface area contributed by atoms with Crippen molar-refractivity contribution in [3.05, 3.63) is 35.9 Å². The van der Waals surface area contributed by atoms with Crippen molar-refractivity contribution < 1.29 is 13.2 Å². The van der Waals surface area contributed by atoms with Gasteiger partial charge in [0.25, 0.3) is 10.0 Å². The van der Waals surface area contributed by atoms with Gasteiger partial charge in [0.05, 0.1) is 11.9 Å². The fraction of sp³-hybridized carbons (Fsp3) is 0.417. The van der Waals surface area contributed by atoms with E-state index in [4.69, 9.17) is 4.74 Å². The van der Waals surface area contributed by atoms with E-state index in [-0.39, 0.29) is 5.90 Å². The first-order valence-corrected chi connectivity index (χ1v) is 6.66. The fourth-order valence-electron chi connectivity index (χ4n) is 1.03. The molecule has 0 fully saturated rings. The first kappa shape index (κ1) is 13.7. The molecule has 0 aliphatic heterocycles. The molecule has 4 nitrogen and oxygen atoms in total. The van der Waals surface area contributed by atoms with Gasteiger partial charge in [0.15, 0.2) is 0 Å². The van der Waals surface area contributed by atoms with Gasteiger partial charge in [-0.3, -0.25) is 0 Å². The van der Waals surface area contributed by atoms with Gasteiger partial charge in [0.1, 0.15) is 0 Å². The molecule has 0 aliphatic rings. The molecule has 0 heterocycles. The Balaban J connectivity index is 3.22. The molecule has 0 saturated carbocycles. The number of sulfonamides is 1. The first-order chi connectivity index (χ1) is 7.78.